The van der Waals surface area contributed by atoms with Gasteiger partial charge in [0.1, 0.15) is 18.2 Å². The van der Waals surface area contributed by atoms with Crippen LogP contribution in [0.5, 0.6) is 0 Å². The number of carbonyl (C=O) groups excluding carboxylic acids is 2. The summed E-state index contributed by atoms with van der Waals surface area (Å²) in [4.78, 5) is 25.9. The molecule has 2 saturated heterocycles. The molecular weight excluding hydrogens is 314 g/mol. The van der Waals surface area contributed by atoms with E-state index in [1.54, 1.807) is 26.8 Å². The van der Waals surface area contributed by atoms with Gasteiger partial charge in [0.05, 0.1) is 19.3 Å². The normalized spacial score (nSPS) is 29.3. The van der Waals surface area contributed by atoms with E-state index in [-0.39, 0.29) is 31.2 Å². The summed E-state index contributed by atoms with van der Waals surface area (Å²) in [6.45, 7) is 13.0. The molecule has 0 aromatic heterocycles. The summed E-state index contributed by atoms with van der Waals surface area (Å²) in [5.41, 5.74) is -0.603. The van der Waals surface area contributed by atoms with Gasteiger partial charge in [-0.3, -0.25) is 9.59 Å². The quantitative estimate of drug-likeness (QED) is 0.411. The van der Waals surface area contributed by atoms with E-state index < -0.39 is 23.5 Å². The Kier molecular flexibility index (Phi) is 5.37. The minimum atomic E-state index is -0.718. The summed E-state index contributed by atoms with van der Waals surface area (Å²) in [7, 11) is 0. The fourth-order valence-corrected chi connectivity index (χ4v) is 2.85. The molecule has 7 nitrogen and oxygen atoms in total. The molecule has 0 aromatic rings. The molecule has 24 heavy (non-hydrogen) atoms. The maximum atomic E-state index is 12.4. The summed E-state index contributed by atoms with van der Waals surface area (Å²) >= 11 is 0. The van der Waals surface area contributed by atoms with Crippen molar-refractivity contribution in [1.29, 1.82) is 0 Å². The third-order valence-electron chi connectivity index (χ3n) is 3.72. The van der Waals surface area contributed by atoms with Crippen LogP contribution >= 0.6 is 0 Å². The highest BCUT2D eigenvalue weighted by molar-refractivity contribution is 5.92. The second-order valence-corrected chi connectivity index (χ2v) is 7.45. The van der Waals surface area contributed by atoms with E-state index >= 15 is 0 Å². The third-order valence-corrected chi connectivity index (χ3v) is 3.72. The van der Waals surface area contributed by atoms with E-state index in [0.29, 0.717) is 6.61 Å². The highest BCUT2D eigenvalue weighted by Gasteiger charge is 2.56. The standard InChI is InChI=1S/C17H27NO6/c1-7-8-21-14-13(11-10-22-17(5,6)23-11)18(15(14)20)9-12(19)24-16(2,3)4/h7,11,13-14H,1,8-10H2,2-6H3/t11-,13+,14-/m1/s1. The number of β-lactam (4-membered cyclic amide) rings is 1. The largest absolute Gasteiger partial charge is 0.459 e. The zero-order valence-electron chi connectivity index (χ0n) is 15.0. The molecule has 0 N–H and O–H groups in total. The molecule has 0 saturated carbocycles. The van der Waals surface area contributed by atoms with Crippen molar-refractivity contribution in [2.24, 2.45) is 0 Å². The van der Waals surface area contributed by atoms with E-state index in [2.05, 4.69) is 6.58 Å². The number of esters is 1. The molecule has 0 spiro atoms. The van der Waals surface area contributed by atoms with Crippen LogP contribution in [0, 0.1) is 0 Å². The smallest absolute Gasteiger partial charge is 0.326 e. The van der Waals surface area contributed by atoms with Crippen LogP contribution in [0.15, 0.2) is 12.7 Å². The lowest BCUT2D eigenvalue weighted by atomic mass is 9.92. The molecule has 0 bridgehead atoms. The van der Waals surface area contributed by atoms with Crippen LogP contribution in [0.1, 0.15) is 34.6 Å². The minimum absolute atomic E-state index is 0.130. The predicted molar refractivity (Wildman–Crippen MR) is 86.2 cm³/mol. The molecule has 2 fully saturated rings. The Bertz CT molecular complexity index is 510. The van der Waals surface area contributed by atoms with Gasteiger partial charge in [0.25, 0.3) is 5.91 Å². The fraction of sp³-hybridized carbons (Fsp3) is 0.765. The first-order chi connectivity index (χ1) is 11.0. The monoisotopic (exact) mass is 341 g/mol. The Balaban J connectivity index is 2.06. The average molecular weight is 341 g/mol. The number of carbonyl (C=O) groups is 2. The second-order valence-electron chi connectivity index (χ2n) is 7.45. The molecule has 0 unspecified atom stereocenters. The first-order valence-electron chi connectivity index (χ1n) is 8.11. The fourth-order valence-electron chi connectivity index (χ4n) is 2.85. The molecule has 2 aliphatic heterocycles. The maximum absolute atomic E-state index is 12.4. The van der Waals surface area contributed by atoms with E-state index in [0.717, 1.165) is 0 Å². The topological polar surface area (TPSA) is 74.3 Å². The number of rotatable bonds is 6. The Hall–Kier alpha value is -1.44. The van der Waals surface area contributed by atoms with Gasteiger partial charge in [-0.25, -0.2) is 0 Å². The molecule has 1 amide bonds. The molecule has 2 rings (SSSR count). The van der Waals surface area contributed by atoms with E-state index in [1.165, 1.54) is 4.90 Å². The van der Waals surface area contributed by atoms with Crippen molar-refractivity contribution in [3.05, 3.63) is 12.7 Å². The van der Waals surface area contributed by atoms with E-state index in [1.807, 2.05) is 13.8 Å². The van der Waals surface area contributed by atoms with Gasteiger partial charge < -0.3 is 23.8 Å². The summed E-state index contributed by atoms with van der Waals surface area (Å²) in [6, 6.07) is -0.383. The van der Waals surface area contributed by atoms with Gasteiger partial charge >= 0.3 is 5.97 Å². The summed E-state index contributed by atoms with van der Waals surface area (Å²) < 4.78 is 22.3. The molecule has 3 atom stereocenters. The molecular formula is C17H27NO6. The lowest BCUT2D eigenvalue weighted by Crippen LogP contribution is -2.71. The first-order valence-corrected chi connectivity index (χ1v) is 8.11. The van der Waals surface area contributed by atoms with Crippen LogP contribution in [0.2, 0.25) is 0 Å². The minimum Gasteiger partial charge on any atom is -0.459 e. The van der Waals surface area contributed by atoms with Gasteiger partial charge in [0.15, 0.2) is 11.9 Å². The predicted octanol–water partition coefficient (Wildman–Crippen LogP) is 1.26. The van der Waals surface area contributed by atoms with Crippen LogP contribution in [0.4, 0.5) is 0 Å². The van der Waals surface area contributed by atoms with Crippen molar-refractivity contribution in [3.8, 4) is 0 Å². The maximum Gasteiger partial charge on any atom is 0.326 e. The van der Waals surface area contributed by atoms with Gasteiger partial charge in [-0.15, -0.1) is 6.58 Å². The molecule has 136 valence electrons. The molecule has 0 radical (unpaired) electrons. The molecule has 0 aromatic carbocycles. The second kappa shape index (κ2) is 6.82. The first kappa shape index (κ1) is 18.9. The van der Waals surface area contributed by atoms with Crippen LogP contribution in [-0.4, -0.2) is 66.2 Å². The van der Waals surface area contributed by atoms with Gasteiger partial charge in [-0.05, 0) is 34.6 Å². The van der Waals surface area contributed by atoms with Gasteiger partial charge in [-0.2, -0.15) is 0 Å². The van der Waals surface area contributed by atoms with Crippen molar-refractivity contribution in [2.45, 2.75) is 64.3 Å². The third kappa shape index (κ3) is 4.34. The molecule has 2 aliphatic rings. The number of ether oxygens (including phenoxy) is 4. The van der Waals surface area contributed by atoms with Crippen molar-refractivity contribution in [2.75, 3.05) is 19.8 Å². The van der Waals surface area contributed by atoms with Gasteiger partial charge in [0.2, 0.25) is 0 Å². The lowest BCUT2D eigenvalue weighted by Gasteiger charge is -2.48. The Morgan fingerprint density at radius 2 is 2.12 bits per heavy atom. The number of hydrogen-bond donors (Lipinski definition) is 0. The van der Waals surface area contributed by atoms with Crippen LogP contribution < -0.4 is 0 Å². The number of amides is 1. The molecule has 7 heteroatoms. The summed E-state index contributed by atoms with van der Waals surface area (Å²) in [6.07, 6.45) is 0.569. The Morgan fingerprint density at radius 1 is 1.46 bits per heavy atom. The van der Waals surface area contributed by atoms with Crippen LogP contribution in [-0.2, 0) is 28.5 Å². The van der Waals surface area contributed by atoms with E-state index in [9.17, 15) is 9.59 Å². The Labute approximate surface area is 142 Å². The summed E-state index contributed by atoms with van der Waals surface area (Å²) in [5.74, 6) is -1.42. The number of nitrogens with zero attached hydrogens (tertiary/aromatic N) is 1. The molecule has 2 heterocycles. The van der Waals surface area contributed by atoms with Crippen molar-refractivity contribution in [1.82, 2.24) is 4.90 Å². The van der Waals surface area contributed by atoms with Crippen molar-refractivity contribution < 1.29 is 28.5 Å². The lowest BCUT2D eigenvalue weighted by molar-refractivity contribution is -0.199. The highest BCUT2D eigenvalue weighted by Crippen LogP contribution is 2.34. The number of hydrogen-bond acceptors (Lipinski definition) is 6. The van der Waals surface area contributed by atoms with E-state index in [4.69, 9.17) is 18.9 Å². The zero-order valence-corrected chi connectivity index (χ0v) is 15.0. The zero-order chi connectivity index (χ0) is 18.1. The number of likely N-dealkylation sites (tertiary alicyclic amines) is 1. The van der Waals surface area contributed by atoms with Gasteiger partial charge in [-0.1, -0.05) is 6.08 Å². The van der Waals surface area contributed by atoms with Crippen molar-refractivity contribution in [3.63, 3.8) is 0 Å². The average Bonchev–Trinajstić information content (AvgIpc) is 2.78. The van der Waals surface area contributed by atoms with Gasteiger partial charge in [0, 0.05) is 0 Å². The SMILES string of the molecule is C=CCO[C@H]1C(=O)N(CC(=O)OC(C)(C)C)[C@H]1[C@H]1COC(C)(C)O1. The highest BCUT2D eigenvalue weighted by atomic mass is 16.7. The van der Waals surface area contributed by atoms with Crippen molar-refractivity contribution >= 4 is 11.9 Å². The summed E-state index contributed by atoms with van der Waals surface area (Å²) in [5, 5.41) is 0. The Morgan fingerprint density at radius 3 is 2.62 bits per heavy atom. The van der Waals surface area contributed by atoms with Crippen LogP contribution in [0.25, 0.3) is 0 Å². The molecule has 0 aliphatic carbocycles. The van der Waals surface area contributed by atoms with Crippen LogP contribution in [0.3, 0.4) is 0 Å².